The molecule has 0 amide bonds. The van der Waals surface area contributed by atoms with Crippen LogP contribution >= 0.6 is 0 Å². The van der Waals surface area contributed by atoms with Gasteiger partial charge >= 0.3 is 0 Å². The van der Waals surface area contributed by atoms with E-state index in [1.807, 2.05) is 25.2 Å². The van der Waals surface area contributed by atoms with Crippen LogP contribution in [0.4, 0.5) is 0 Å². The number of hydrogen-bond donors (Lipinski definition) is 1. The molecule has 0 spiro atoms. The fourth-order valence-electron chi connectivity index (χ4n) is 1.23. The Kier molecular flexibility index (Phi) is 4.73. The van der Waals surface area contributed by atoms with E-state index < -0.39 is 0 Å². The highest BCUT2D eigenvalue weighted by Crippen LogP contribution is 2.01. The predicted molar refractivity (Wildman–Crippen MR) is 63.2 cm³/mol. The molecule has 0 aliphatic heterocycles. The summed E-state index contributed by atoms with van der Waals surface area (Å²) < 4.78 is 0. The van der Waals surface area contributed by atoms with Crippen LogP contribution in [0.5, 0.6) is 0 Å². The topological polar surface area (TPSA) is 12.0 Å². The fraction of sp³-hybridized carbons (Fsp3) is 0.231. The molecule has 14 heavy (non-hydrogen) atoms. The van der Waals surface area contributed by atoms with Crippen molar-refractivity contribution >= 4 is 6.08 Å². The van der Waals surface area contributed by atoms with Crippen molar-refractivity contribution in [2.45, 2.75) is 6.92 Å². The maximum atomic E-state index is 3.11. The summed E-state index contributed by atoms with van der Waals surface area (Å²) in [5, 5.41) is 3.11. The van der Waals surface area contributed by atoms with Crippen LogP contribution in [-0.2, 0) is 0 Å². The summed E-state index contributed by atoms with van der Waals surface area (Å²) in [4.78, 5) is 0. The van der Waals surface area contributed by atoms with Crippen LogP contribution in [0, 0.1) is 0 Å². The first-order chi connectivity index (χ1) is 6.83. The highest BCUT2D eigenvalue weighted by atomic mass is 14.8. The smallest absolute Gasteiger partial charge is 0.0161 e. The predicted octanol–water partition coefficient (Wildman–Crippen LogP) is 2.87. The monoisotopic (exact) mass is 187 g/mol. The van der Waals surface area contributed by atoms with Gasteiger partial charge in [0, 0.05) is 6.54 Å². The summed E-state index contributed by atoms with van der Waals surface area (Å²) in [6, 6.07) is 10.3. The van der Waals surface area contributed by atoms with Crippen LogP contribution in [0.25, 0.3) is 6.08 Å². The van der Waals surface area contributed by atoms with E-state index in [9.17, 15) is 0 Å². The van der Waals surface area contributed by atoms with E-state index in [1.165, 1.54) is 11.1 Å². The molecule has 0 radical (unpaired) electrons. The molecule has 0 atom stereocenters. The first-order valence-corrected chi connectivity index (χ1v) is 4.86. The molecule has 0 aliphatic rings. The number of rotatable bonds is 4. The number of hydrogen-bond acceptors (Lipinski definition) is 1. The molecule has 74 valence electrons. The van der Waals surface area contributed by atoms with Crippen molar-refractivity contribution in [1.29, 1.82) is 0 Å². The van der Waals surface area contributed by atoms with Gasteiger partial charge in [0.2, 0.25) is 0 Å². The lowest BCUT2D eigenvalue weighted by atomic mass is 10.2. The molecule has 0 unspecified atom stereocenters. The number of benzene rings is 1. The first kappa shape index (κ1) is 10.7. The number of allylic oxidation sites excluding steroid dienone is 2. The second kappa shape index (κ2) is 6.17. The Bertz CT molecular complexity index is 309. The lowest BCUT2D eigenvalue weighted by Crippen LogP contribution is -2.08. The molecule has 1 aromatic rings. The second-order valence-electron chi connectivity index (χ2n) is 3.31. The van der Waals surface area contributed by atoms with Crippen molar-refractivity contribution in [3.05, 3.63) is 53.6 Å². The number of likely N-dealkylation sites (N-methyl/N-ethyl adjacent to an activating group) is 1. The molecule has 1 N–H and O–H groups in total. The molecule has 0 saturated carbocycles. The van der Waals surface area contributed by atoms with Gasteiger partial charge in [-0.25, -0.2) is 0 Å². The average Bonchev–Trinajstić information content (AvgIpc) is 2.20. The molecule has 0 bridgehead atoms. The van der Waals surface area contributed by atoms with E-state index in [-0.39, 0.29) is 0 Å². The van der Waals surface area contributed by atoms with Crippen molar-refractivity contribution in [1.82, 2.24) is 5.32 Å². The Morgan fingerprint density at radius 1 is 1.29 bits per heavy atom. The number of nitrogens with one attached hydrogen (secondary N) is 1. The minimum Gasteiger partial charge on any atom is -0.316 e. The largest absolute Gasteiger partial charge is 0.316 e. The molecule has 0 fully saturated rings. The van der Waals surface area contributed by atoms with Crippen LogP contribution in [0.15, 0.2) is 48.1 Å². The standard InChI is InChI=1S/C13H17N/c1-12(11-14-2)7-6-10-13-8-4-3-5-9-13/h3-10,14H,11H2,1-2H3. The first-order valence-electron chi connectivity index (χ1n) is 4.86. The molecule has 0 aliphatic carbocycles. The van der Waals surface area contributed by atoms with E-state index in [4.69, 9.17) is 0 Å². The third-order valence-corrected chi connectivity index (χ3v) is 1.92. The SMILES string of the molecule is CNCC(C)=CC=Cc1ccccc1. The molecule has 1 rings (SSSR count). The van der Waals surface area contributed by atoms with Crippen molar-refractivity contribution in [2.75, 3.05) is 13.6 Å². The summed E-state index contributed by atoms with van der Waals surface area (Å²) in [6.07, 6.45) is 6.32. The molecule has 1 heteroatoms. The van der Waals surface area contributed by atoms with Crippen molar-refractivity contribution in [2.24, 2.45) is 0 Å². The third kappa shape index (κ3) is 4.06. The lowest BCUT2D eigenvalue weighted by Gasteiger charge is -1.95. The van der Waals surface area contributed by atoms with E-state index in [0.717, 1.165) is 6.54 Å². The highest BCUT2D eigenvalue weighted by Gasteiger charge is 1.83. The van der Waals surface area contributed by atoms with Gasteiger partial charge in [0.25, 0.3) is 0 Å². The molecule has 1 nitrogen and oxygen atoms in total. The van der Waals surface area contributed by atoms with Crippen LogP contribution in [0.3, 0.4) is 0 Å². The van der Waals surface area contributed by atoms with Crippen LogP contribution in [0.2, 0.25) is 0 Å². The summed E-state index contributed by atoms with van der Waals surface area (Å²) in [6.45, 7) is 3.06. The van der Waals surface area contributed by atoms with E-state index in [0.29, 0.717) is 0 Å². The average molecular weight is 187 g/mol. The van der Waals surface area contributed by atoms with Gasteiger partial charge in [0.05, 0.1) is 0 Å². The van der Waals surface area contributed by atoms with Crippen LogP contribution in [0.1, 0.15) is 12.5 Å². The van der Waals surface area contributed by atoms with Gasteiger partial charge in [-0.1, -0.05) is 54.1 Å². The summed E-state index contributed by atoms with van der Waals surface area (Å²) in [5.41, 5.74) is 2.57. The Labute approximate surface area is 86.2 Å². The van der Waals surface area contributed by atoms with E-state index in [1.54, 1.807) is 0 Å². The Balaban J connectivity index is 2.53. The fourth-order valence-corrected chi connectivity index (χ4v) is 1.23. The van der Waals surface area contributed by atoms with Gasteiger partial charge in [-0.15, -0.1) is 0 Å². The molecule has 1 aromatic carbocycles. The molecule has 0 aromatic heterocycles. The van der Waals surface area contributed by atoms with Gasteiger partial charge < -0.3 is 5.32 Å². The Morgan fingerprint density at radius 3 is 2.64 bits per heavy atom. The van der Waals surface area contributed by atoms with Gasteiger partial charge in [-0.2, -0.15) is 0 Å². The lowest BCUT2D eigenvalue weighted by molar-refractivity contribution is 0.880. The van der Waals surface area contributed by atoms with Gasteiger partial charge in [0.1, 0.15) is 0 Å². The molecule has 0 saturated heterocycles. The summed E-state index contributed by atoms with van der Waals surface area (Å²) >= 11 is 0. The zero-order chi connectivity index (χ0) is 10.2. The summed E-state index contributed by atoms with van der Waals surface area (Å²) in [7, 11) is 1.96. The molecule has 0 heterocycles. The Morgan fingerprint density at radius 2 is 2.00 bits per heavy atom. The maximum absolute atomic E-state index is 3.11. The third-order valence-electron chi connectivity index (χ3n) is 1.92. The normalized spacial score (nSPS) is 12.3. The van der Waals surface area contributed by atoms with E-state index in [2.05, 4.69) is 42.6 Å². The van der Waals surface area contributed by atoms with E-state index >= 15 is 0 Å². The minimum atomic E-state index is 0.944. The van der Waals surface area contributed by atoms with Crippen molar-refractivity contribution in [3.63, 3.8) is 0 Å². The zero-order valence-electron chi connectivity index (χ0n) is 8.83. The molecular weight excluding hydrogens is 170 g/mol. The van der Waals surface area contributed by atoms with Gasteiger partial charge in [-0.3, -0.25) is 0 Å². The second-order valence-corrected chi connectivity index (χ2v) is 3.31. The van der Waals surface area contributed by atoms with Crippen LogP contribution < -0.4 is 5.32 Å². The van der Waals surface area contributed by atoms with Crippen molar-refractivity contribution in [3.8, 4) is 0 Å². The zero-order valence-corrected chi connectivity index (χ0v) is 8.83. The minimum absolute atomic E-state index is 0.944. The maximum Gasteiger partial charge on any atom is 0.0161 e. The Hall–Kier alpha value is -1.34. The molecular formula is C13H17N. The highest BCUT2D eigenvalue weighted by molar-refractivity contribution is 5.50. The summed E-state index contributed by atoms with van der Waals surface area (Å²) in [5.74, 6) is 0. The quantitative estimate of drug-likeness (QED) is 0.715. The van der Waals surface area contributed by atoms with Gasteiger partial charge in [-0.05, 0) is 19.5 Å². The van der Waals surface area contributed by atoms with Crippen molar-refractivity contribution < 1.29 is 0 Å². The van der Waals surface area contributed by atoms with Crippen LogP contribution in [-0.4, -0.2) is 13.6 Å². The van der Waals surface area contributed by atoms with Gasteiger partial charge in [0.15, 0.2) is 0 Å².